The maximum Gasteiger partial charge on any atom is 0.0328 e. The van der Waals surface area contributed by atoms with Crippen molar-refractivity contribution < 1.29 is 0 Å². The molecule has 0 atom stereocenters. The van der Waals surface area contributed by atoms with Gasteiger partial charge >= 0.3 is 0 Å². The second-order valence-corrected chi connectivity index (χ2v) is 4.97. The minimum absolute atomic E-state index is 1.14. The van der Waals surface area contributed by atoms with Gasteiger partial charge in [-0.25, -0.2) is 0 Å². The highest BCUT2D eigenvalue weighted by molar-refractivity contribution is 7.10. The first kappa shape index (κ1) is 10.1. The monoisotopic (exact) mass is 210 g/mol. The molecule has 1 fully saturated rings. The third-order valence-electron chi connectivity index (χ3n) is 2.60. The Bertz CT molecular complexity index is 275. The largest absolute Gasteiger partial charge is 0.315 e. The van der Waals surface area contributed by atoms with E-state index in [9.17, 15) is 0 Å². The van der Waals surface area contributed by atoms with Crippen LogP contribution in [0.5, 0.6) is 0 Å². The van der Waals surface area contributed by atoms with E-state index in [0.717, 1.165) is 13.1 Å². The molecule has 2 nitrogen and oxygen atoms in total. The highest BCUT2D eigenvalue weighted by Crippen LogP contribution is 2.16. The summed E-state index contributed by atoms with van der Waals surface area (Å²) in [6.45, 7) is 8.06. The molecule has 1 saturated heterocycles. The van der Waals surface area contributed by atoms with Crippen LogP contribution in [-0.2, 0) is 6.54 Å². The van der Waals surface area contributed by atoms with Gasteiger partial charge in [-0.2, -0.15) is 0 Å². The zero-order valence-electron chi connectivity index (χ0n) is 8.75. The molecule has 1 aliphatic rings. The maximum absolute atomic E-state index is 3.43. The van der Waals surface area contributed by atoms with Crippen molar-refractivity contribution in [3.8, 4) is 0 Å². The van der Waals surface area contributed by atoms with E-state index in [0.29, 0.717) is 0 Å². The molecule has 1 aromatic rings. The molecule has 14 heavy (non-hydrogen) atoms. The molecular weight excluding hydrogens is 192 g/mol. The molecule has 1 aromatic heterocycles. The zero-order chi connectivity index (χ0) is 9.80. The van der Waals surface area contributed by atoms with Crippen molar-refractivity contribution in [2.24, 2.45) is 0 Å². The number of rotatable bonds is 2. The molecule has 0 radical (unpaired) electrons. The van der Waals surface area contributed by atoms with Crippen LogP contribution in [0.25, 0.3) is 0 Å². The lowest BCUT2D eigenvalue weighted by Crippen LogP contribution is -2.27. The fourth-order valence-corrected chi connectivity index (χ4v) is 2.77. The van der Waals surface area contributed by atoms with Crippen molar-refractivity contribution >= 4 is 11.3 Å². The average Bonchev–Trinajstić information content (AvgIpc) is 2.43. The molecule has 2 rings (SSSR count). The zero-order valence-corrected chi connectivity index (χ0v) is 9.57. The van der Waals surface area contributed by atoms with E-state index < -0.39 is 0 Å². The standard InChI is InChI=1S/C11H18N2S/c1-10-7-11(14-9-10)8-13-5-2-3-12-4-6-13/h7,9,12H,2-6,8H2,1H3. The summed E-state index contributed by atoms with van der Waals surface area (Å²) in [5, 5.41) is 5.67. The maximum atomic E-state index is 3.43. The fourth-order valence-electron chi connectivity index (χ4n) is 1.85. The summed E-state index contributed by atoms with van der Waals surface area (Å²) in [5.41, 5.74) is 1.40. The molecule has 0 aromatic carbocycles. The fraction of sp³-hybridized carbons (Fsp3) is 0.636. The van der Waals surface area contributed by atoms with Crippen LogP contribution in [0.2, 0.25) is 0 Å². The second-order valence-electron chi connectivity index (χ2n) is 3.97. The quantitative estimate of drug-likeness (QED) is 0.801. The summed E-state index contributed by atoms with van der Waals surface area (Å²) >= 11 is 1.89. The van der Waals surface area contributed by atoms with Crippen LogP contribution in [0.3, 0.4) is 0 Å². The van der Waals surface area contributed by atoms with Crippen molar-refractivity contribution in [3.63, 3.8) is 0 Å². The highest BCUT2D eigenvalue weighted by atomic mass is 32.1. The first-order valence-corrected chi connectivity index (χ1v) is 6.19. The van der Waals surface area contributed by atoms with Gasteiger partial charge in [0, 0.05) is 24.5 Å². The minimum atomic E-state index is 1.14. The summed E-state index contributed by atoms with van der Waals surface area (Å²) in [6.07, 6.45) is 1.28. The third-order valence-corrected chi connectivity index (χ3v) is 3.64. The summed E-state index contributed by atoms with van der Waals surface area (Å²) in [6, 6.07) is 2.31. The number of hydrogen-bond acceptors (Lipinski definition) is 3. The molecule has 0 aliphatic carbocycles. The van der Waals surface area contributed by atoms with Crippen LogP contribution >= 0.6 is 11.3 Å². The first-order valence-electron chi connectivity index (χ1n) is 5.32. The number of thiophene rings is 1. The Morgan fingerprint density at radius 3 is 3.14 bits per heavy atom. The van der Waals surface area contributed by atoms with E-state index in [4.69, 9.17) is 0 Å². The van der Waals surface area contributed by atoms with E-state index in [-0.39, 0.29) is 0 Å². The lowest BCUT2D eigenvalue weighted by Gasteiger charge is -2.17. The minimum Gasteiger partial charge on any atom is -0.315 e. The Hall–Kier alpha value is -0.380. The summed E-state index contributed by atoms with van der Waals surface area (Å²) in [4.78, 5) is 4.05. The van der Waals surface area contributed by atoms with Gasteiger partial charge in [0.05, 0.1) is 0 Å². The van der Waals surface area contributed by atoms with Gasteiger partial charge in [0.15, 0.2) is 0 Å². The highest BCUT2D eigenvalue weighted by Gasteiger charge is 2.09. The van der Waals surface area contributed by atoms with Gasteiger partial charge in [-0.15, -0.1) is 11.3 Å². The lowest BCUT2D eigenvalue weighted by molar-refractivity contribution is 0.287. The lowest BCUT2D eigenvalue weighted by atomic mass is 10.3. The molecule has 0 spiro atoms. The predicted octanol–water partition coefficient (Wildman–Crippen LogP) is 1.85. The Kier molecular flexibility index (Phi) is 3.56. The van der Waals surface area contributed by atoms with E-state index in [2.05, 4.69) is 28.6 Å². The Labute approximate surface area is 89.9 Å². The van der Waals surface area contributed by atoms with Gasteiger partial charge in [0.25, 0.3) is 0 Å². The number of nitrogens with one attached hydrogen (secondary N) is 1. The molecular formula is C11H18N2S. The van der Waals surface area contributed by atoms with E-state index >= 15 is 0 Å². The van der Waals surface area contributed by atoms with Crippen LogP contribution < -0.4 is 5.32 Å². The predicted molar refractivity (Wildman–Crippen MR) is 61.8 cm³/mol. The van der Waals surface area contributed by atoms with Crippen molar-refractivity contribution in [1.82, 2.24) is 10.2 Å². The van der Waals surface area contributed by atoms with Crippen molar-refractivity contribution in [2.75, 3.05) is 26.2 Å². The van der Waals surface area contributed by atoms with Crippen LogP contribution in [0.15, 0.2) is 11.4 Å². The van der Waals surface area contributed by atoms with Crippen molar-refractivity contribution in [1.29, 1.82) is 0 Å². The third kappa shape index (κ3) is 2.80. The van der Waals surface area contributed by atoms with E-state index in [1.54, 1.807) is 0 Å². The molecule has 78 valence electrons. The molecule has 2 heterocycles. The molecule has 0 saturated carbocycles. The molecule has 1 N–H and O–H groups in total. The molecule has 0 amide bonds. The Morgan fingerprint density at radius 1 is 1.43 bits per heavy atom. The van der Waals surface area contributed by atoms with Gasteiger partial charge < -0.3 is 5.32 Å². The molecule has 0 bridgehead atoms. The van der Waals surface area contributed by atoms with Crippen LogP contribution in [0.4, 0.5) is 0 Å². The van der Waals surface area contributed by atoms with Crippen LogP contribution in [-0.4, -0.2) is 31.1 Å². The molecule has 3 heteroatoms. The van der Waals surface area contributed by atoms with E-state index in [1.165, 1.54) is 36.5 Å². The SMILES string of the molecule is Cc1csc(CN2CCCNCC2)c1. The van der Waals surface area contributed by atoms with Gasteiger partial charge in [0.1, 0.15) is 0 Å². The smallest absolute Gasteiger partial charge is 0.0328 e. The van der Waals surface area contributed by atoms with Crippen molar-refractivity contribution in [2.45, 2.75) is 19.9 Å². The summed E-state index contributed by atoms with van der Waals surface area (Å²) < 4.78 is 0. The Balaban J connectivity index is 1.89. The normalized spacial score (nSPS) is 19.5. The number of aryl methyl sites for hydroxylation is 1. The summed E-state index contributed by atoms with van der Waals surface area (Å²) in [7, 11) is 0. The van der Waals surface area contributed by atoms with Gasteiger partial charge in [-0.1, -0.05) is 0 Å². The van der Waals surface area contributed by atoms with Gasteiger partial charge in [-0.3, -0.25) is 4.90 Å². The van der Waals surface area contributed by atoms with Crippen LogP contribution in [0, 0.1) is 6.92 Å². The second kappa shape index (κ2) is 4.91. The molecule has 1 aliphatic heterocycles. The van der Waals surface area contributed by atoms with Crippen molar-refractivity contribution in [3.05, 3.63) is 21.9 Å². The Morgan fingerprint density at radius 2 is 2.36 bits per heavy atom. The average molecular weight is 210 g/mol. The first-order chi connectivity index (χ1) is 6.84. The number of nitrogens with zero attached hydrogens (tertiary/aromatic N) is 1. The van der Waals surface area contributed by atoms with Crippen LogP contribution in [0.1, 0.15) is 16.9 Å². The van der Waals surface area contributed by atoms with Gasteiger partial charge in [-0.05, 0) is 43.4 Å². The summed E-state index contributed by atoms with van der Waals surface area (Å²) in [5.74, 6) is 0. The topological polar surface area (TPSA) is 15.3 Å². The van der Waals surface area contributed by atoms with E-state index in [1.807, 2.05) is 11.3 Å². The number of hydrogen-bond donors (Lipinski definition) is 1. The molecule has 0 unspecified atom stereocenters. The van der Waals surface area contributed by atoms with Gasteiger partial charge in [0.2, 0.25) is 0 Å².